The molecule has 0 unspecified atom stereocenters. The van der Waals surface area contributed by atoms with E-state index >= 15 is 0 Å². The fourth-order valence-electron chi connectivity index (χ4n) is 2.18. The largest absolute Gasteiger partial charge is 0.346 e. The standard InChI is InChI=1S/C13H24N2O2/c1-5-14(4)13(17)11-6-8-15(9-7-11)12(16)10(2)3/h10-11H,5-9H2,1-4H3. The summed E-state index contributed by atoms with van der Waals surface area (Å²) < 4.78 is 0. The number of carbonyl (C=O) groups is 2. The summed E-state index contributed by atoms with van der Waals surface area (Å²) >= 11 is 0. The van der Waals surface area contributed by atoms with Crippen molar-refractivity contribution in [3.8, 4) is 0 Å². The van der Waals surface area contributed by atoms with Crippen LogP contribution >= 0.6 is 0 Å². The Labute approximate surface area is 104 Å². The second-order valence-electron chi connectivity index (χ2n) is 5.11. The monoisotopic (exact) mass is 240 g/mol. The van der Waals surface area contributed by atoms with Gasteiger partial charge in [-0.15, -0.1) is 0 Å². The molecule has 0 atom stereocenters. The molecule has 1 saturated heterocycles. The highest BCUT2D eigenvalue weighted by atomic mass is 16.2. The Morgan fingerprint density at radius 2 is 1.82 bits per heavy atom. The molecule has 0 radical (unpaired) electrons. The average Bonchev–Trinajstić information content (AvgIpc) is 2.36. The number of nitrogens with zero attached hydrogens (tertiary/aromatic N) is 2. The zero-order valence-electron chi connectivity index (χ0n) is 11.4. The first-order valence-electron chi connectivity index (χ1n) is 6.51. The van der Waals surface area contributed by atoms with Crippen molar-refractivity contribution in [3.05, 3.63) is 0 Å². The maximum atomic E-state index is 12.0. The van der Waals surface area contributed by atoms with Crippen molar-refractivity contribution < 1.29 is 9.59 Å². The summed E-state index contributed by atoms with van der Waals surface area (Å²) in [5, 5.41) is 0. The fraction of sp³-hybridized carbons (Fsp3) is 0.846. The predicted molar refractivity (Wildman–Crippen MR) is 67.5 cm³/mol. The maximum Gasteiger partial charge on any atom is 0.225 e. The van der Waals surface area contributed by atoms with Gasteiger partial charge in [-0.05, 0) is 19.8 Å². The molecule has 4 heteroatoms. The van der Waals surface area contributed by atoms with Crippen molar-refractivity contribution in [2.45, 2.75) is 33.6 Å². The SMILES string of the molecule is CCN(C)C(=O)C1CCN(C(=O)C(C)C)CC1. The van der Waals surface area contributed by atoms with E-state index in [4.69, 9.17) is 0 Å². The van der Waals surface area contributed by atoms with Gasteiger partial charge in [0.25, 0.3) is 0 Å². The molecule has 0 aromatic carbocycles. The molecule has 0 spiro atoms. The van der Waals surface area contributed by atoms with Gasteiger partial charge in [-0.2, -0.15) is 0 Å². The second-order valence-corrected chi connectivity index (χ2v) is 5.11. The molecule has 1 aliphatic heterocycles. The van der Waals surface area contributed by atoms with Gasteiger partial charge in [-0.25, -0.2) is 0 Å². The molecular weight excluding hydrogens is 216 g/mol. The summed E-state index contributed by atoms with van der Waals surface area (Å²) in [4.78, 5) is 27.4. The van der Waals surface area contributed by atoms with E-state index in [1.54, 1.807) is 4.90 Å². The molecule has 1 fully saturated rings. The van der Waals surface area contributed by atoms with Crippen LogP contribution in [-0.4, -0.2) is 48.3 Å². The Hall–Kier alpha value is -1.06. The van der Waals surface area contributed by atoms with Gasteiger partial charge in [0, 0.05) is 38.5 Å². The van der Waals surface area contributed by atoms with Gasteiger partial charge >= 0.3 is 0 Å². The van der Waals surface area contributed by atoms with Crippen LogP contribution < -0.4 is 0 Å². The predicted octanol–water partition coefficient (Wildman–Crippen LogP) is 1.36. The van der Waals surface area contributed by atoms with Crippen molar-refractivity contribution in [2.24, 2.45) is 11.8 Å². The molecule has 0 aromatic rings. The number of rotatable bonds is 3. The summed E-state index contributed by atoms with van der Waals surface area (Å²) in [5.41, 5.74) is 0. The van der Waals surface area contributed by atoms with E-state index < -0.39 is 0 Å². The van der Waals surface area contributed by atoms with Crippen LogP contribution in [0, 0.1) is 11.8 Å². The van der Waals surface area contributed by atoms with E-state index in [9.17, 15) is 9.59 Å². The summed E-state index contributed by atoms with van der Waals surface area (Å²) in [5.74, 6) is 0.598. The van der Waals surface area contributed by atoms with Crippen LogP contribution in [-0.2, 0) is 9.59 Å². The molecule has 0 aromatic heterocycles. The molecule has 0 saturated carbocycles. The third-order valence-corrected chi connectivity index (χ3v) is 3.50. The number of carbonyl (C=O) groups excluding carboxylic acids is 2. The van der Waals surface area contributed by atoms with Crippen molar-refractivity contribution in [3.63, 3.8) is 0 Å². The Morgan fingerprint density at radius 1 is 1.29 bits per heavy atom. The smallest absolute Gasteiger partial charge is 0.225 e. The van der Waals surface area contributed by atoms with Crippen molar-refractivity contribution >= 4 is 11.8 Å². The second kappa shape index (κ2) is 6.03. The molecule has 0 bridgehead atoms. The van der Waals surface area contributed by atoms with Crippen LogP contribution in [0.4, 0.5) is 0 Å². The lowest BCUT2D eigenvalue weighted by molar-refractivity contribution is -0.141. The third-order valence-electron chi connectivity index (χ3n) is 3.50. The number of hydrogen-bond acceptors (Lipinski definition) is 2. The minimum Gasteiger partial charge on any atom is -0.346 e. The number of hydrogen-bond donors (Lipinski definition) is 0. The first-order chi connectivity index (χ1) is 7.97. The molecule has 0 N–H and O–H groups in total. The number of amides is 2. The van der Waals surface area contributed by atoms with Gasteiger partial charge in [0.05, 0.1) is 0 Å². The molecule has 4 nitrogen and oxygen atoms in total. The fourth-order valence-corrected chi connectivity index (χ4v) is 2.18. The normalized spacial score (nSPS) is 17.4. The van der Waals surface area contributed by atoms with Crippen molar-refractivity contribution in [2.75, 3.05) is 26.7 Å². The molecular formula is C13H24N2O2. The summed E-state index contributed by atoms with van der Waals surface area (Å²) in [6, 6.07) is 0. The van der Waals surface area contributed by atoms with E-state index in [0.29, 0.717) is 0 Å². The first kappa shape index (κ1) is 14.0. The topological polar surface area (TPSA) is 40.6 Å². The molecule has 98 valence electrons. The van der Waals surface area contributed by atoms with E-state index in [2.05, 4.69) is 0 Å². The van der Waals surface area contributed by atoms with Gasteiger partial charge in [0.15, 0.2) is 0 Å². The Balaban J connectivity index is 2.46. The molecule has 0 aliphatic carbocycles. The van der Waals surface area contributed by atoms with E-state index in [1.165, 1.54) is 0 Å². The summed E-state index contributed by atoms with van der Waals surface area (Å²) in [7, 11) is 1.84. The highest BCUT2D eigenvalue weighted by Crippen LogP contribution is 2.20. The minimum absolute atomic E-state index is 0.0561. The van der Waals surface area contributed by atoms with Crippen LogP contribution in [0.3, 0.4) is 0 Å². The first-order valence-corrected chi connectivity index (χ1v) is 6.51. The van der Waals surface area contributed by atoms with Gasteiger partial charge in [-0.3, -0.25) is 9.59 Å². The van der Waals surface area contributed by atoms with Crippen molar-refractivity contribution in [1.29, 1.82) is 0 Å². The lowest BCUT2D eigenvalue weighted by atomic mass is 9.94. The van der Waals surface area contributed by atoms with E-state index in [-0.39, 0.29) is 23.7 Å². The quantitative estimate of drug-likeness (QED) is 0.747. The van der Waals surface area contributed by atoms with Gasteiger partial charge in [-0.1, -0.05) is 13.8 Å². The molecule has 1 aliphatic rings. The van der Waals surface area contributed by atoms with E-state index in [0.717, 1.165) is 32.5 Å². The van der Waals surface area contributed by atoms with Gasteiger partial charge in [0.1, 0.15) is 0 Å². The molecule has 17 heavy (non-hydrogen) atoms. The average molecular weight is 240 g/mol. The van der Waals surface area contributed by atoms with Crippen LogP contribution in [0.1, 0.15) is 33.6 Å². The maximum absolute atomic E-state index is 12.0. The number of piperidine rings is 1. The third kappa shape index (κ3) is 3.45. The Bertz CT molecular complexity index is 281. The van der Waals surface area contributed by atoms with Gasteiger partial charge < -0.3 is 9.80 Å². The van der Waals surface area contributed by atoms with E-state index in [1.807, 2.05) is 32.7 Å². The summed E-state index contributed by atoms with van der Waals surface area (Å²) in [6.45, 7) is 8.03. The van der Waals surface area contributed by atoms with Crippen LogP contribution in [0.25, 0.3) is 0 Å². The minimum atomic E-state index is 0.0561. The van der Waals surface area contributed by atoms with Gasteiger partial charge in [0.2, 0.25) is 11.8 Å². The zero-order chi connectivity index (χ0) is 13.0. The molecule has 2 amide bonds. The van der Waals surface area contributed by atoms with Crippen LogP contribution in [0.5, 0.6) is 0 Å². The van der Waals surface area contributed by atoms with Crippen LogP contribution in [0.15, 0.2) is 0 Å². The lowest BCUT2D eigenvalue weighted by Gasteiger charge is -2.33. The number of likely N-dealkylation sites (tertiary alicyclic amines) is 1. The Morgan fingerprint density at radius 3 is 2.24 bits per heavy atom. The molecule has 1 rings (SSSR count). The Kier molecular flexibility index (Phi) is 4.97. The summed E-state index contributed by atoms with van der Waals surface area (Å²) in [6.07, 6.45) is 1.61. The highest BCUT2D eigenvalue weighted by Gasteiger charge is 2.29. The highest BCUT2D eigenvalue weighted by molar-refractivity contribution is 5.80. The van der Waals surface area contributed by atoms with Crippen molar-refractivity contribution in [1.82, 2.24) is 9.80 Å². The lowest BCUT2D eigenvalue weighted by Crippen LogP contribution is -2.44. The molecule has 1 heterocycles. The zero-order valence-corrected chi connectivity index (χ0v) is 11.4. The van der Waals surface area contributed by atoms with Crippen LogP contribution in [0.2, 0.25) is 0 Å².